The molecule has 216 valence electrons. The number of carbonyl (C=O) groups excluding carboxylic acids is 2. The predicted octanol–water partition coefficient (Wildman–Crippen LogP) is 7.87. The second-order valence-corrected chi connectivity index (χ2v) is 12.5. The standard InChI is InChI=1S/C30H44NO7P/c1-7-35-39(34,36-8-2)23-22-30(6,31-28(33)38-29(3,4)5)21-20-25-18-19-27(37-25)26(32)17-13-12-16-24-14-10-9-11-15-24/h9-11,14-15,18-19,22-23H,7-8,12-13,16-17,20-21H2,1-6H3,(H,31,33)/b23-22+/t30-/m1/s1. The van der Waals surface area contributed by atoms with Crippen LogP contribution >= 0.6 is 7.60 Å². The van der Waals surface area contributed by atoms with Crippen molar-refractivity contribution in [3.63, 3.8) is 0 Å². The van der Waals surface area contributed by atoms with E-state index < -0.39 is 24.8 Å². The number of Topliss-reactive ketones (excluding diaryl/α,β-unsaturated/α-hetero) is 1. The molecule has 8 nitrogen and oxygen atoms in total. The number of carbonyl (C=O) groups is 2. The van der Waals surface area contributed by atoms with Gasteiger partial charge >= 0.3 is 13.7 Å². The number of benzene rings is 1. The zero-order valence-electron chi connectivity index (χ0n) is 24.2. The summed E-state index contributed by atoms with van der Waals surface area (Å²) >= 11 is 0. The van der Waals surface area contributed by atoms with E-state index in [2.05, 4.69) is 17.4 Å². The van der Waals surface area contributed by atoms with Crippen molar-refractivity contribution in [3.8, 4) is 0 Å². The molecule has 0 unspecified atom stereocenters. The molecular formula is C30H44NO7P. The summed E-state index contributed by atoms with van der Waals surface area (Å²) < 4.78 is 35.0. The molecule has 1 heterocycles. The molecule has 9 heteroatoms. The van der Waals surface area contributed by atoms with Crippen LogP contribution in [-0.2, 0) is 31.2 Å². The number of rotatable bonds is 16. The molecule has 0 radical (unpaired) electrons. The molecule has 1 aromatic heterocycles. The monoisotopic (exact) mass is 561 g/mol. The highest BCUT2D eigenvalue weighted by Crippen LogP contribution is 2.50. The number of alkyl carbamates (subject to hydrolysis) is 1. The fraction of sp³-hybridized carbons (Fsp3) is 0.533. The van der Waals surface area contributed by atoms with E-state index >= 15 is 0 Å². The summed E-state index contributed by atoms with van der Waals surface area (Å²) in [6.07, 6.45) is 4.89. The van der Waals surface area contributed by atoms with Crippen LogP contribution in [0, 0.1) is 0 Å². The van der Waals surface area contributed by atoms with Crippen LogP contribution in [0.1, 0.15) is 89.1 Å². The fourth-order valence-corrected chi connectivity index (χ4v) is 5.37. The maximum absolute atomic E-state index is 13.0. The zero-order valence-corrected chi connectivity index (χ0v) is 25.1. The van der Waals surface area contributed by atoms with Crippen molar-refractivity contribution in [2.45, 2.75) is 91.2 Å². The molecule has 2 rings (SSSR count). The van der Waals surface area contributed by atoms with Crippen LogP contribution in [0.2, 0.25) is 0 Å². The molecule has 0 bridgehead atoms. The average molecular weight is 562 g/mol. The Bertz CT molecular complexity index is 1110. The number of amides is 1. The summed E-state index contributed by atoms with van der Waals surface area (Å²) in [6.45, 7) is 11.0. The van der Waals surface area contributed by atoms with E-state index in [4.69, 9.17) is 18.2 Å². The van der Waals surface area contributed by atoms with Crippen molar-refractivity contribution < 1.29 is 32.4 Å². The molecule has 0 saturated heterocycles. The topological polar surface area (TPSA) is 104 Å². The smallest absolute Gasteiger partial charge is 0.408 e. The van der Waals surface area contributed by atoms with Gasteiger partial charge in [-0.05, 0) is 84.9 Å². The summed E-state index contributed by atoms with van der Waals surface area (Å²) in [4.78, 5) is 25.3. The maximum atomic E-state index is 13.0. The lowest BCUT2D eigenvalue weighted by Crippen LogP contribution is -2.47. The van der Waals surface area contributed by atoms with Crippen molar-refractivity contribution in [1.29, 1.82) is 0 Å². The average Bonchev–Trinajstić information content (AvgIpc) is 3.33. The normalized spacial score (nSPS) is 13.8. The van der Waals surface area contributed by atoms with Crippen LogP contribution < -0.4 is 5.32 Å². The maximum Gasteiger partial charge on any atom is 0.408 e. The molecule has 0 aliphatic rings. The largest absolute Gasteiger partial charge is 0.458 e. The van der Waals surface area contributed by atoms with Gasteiger partial charge in [-0.25, -0.2) is 4.79 Å². The lowest BCUT2D eigenvalue weighted by Gasteiger charge is -2.30. The molecule has 1 amide bonds. The van der Waals surface area contributed by atoms with Crippen molar-refractivity contribution in [3.05, 3.63) is 71.4 Å². The van der Waals surface area contributed by atoms with E-state index in [9.17, 15) is 14.2 Å². The highest BCUT2D eigenvalue weighted by molar-refractivity contribution is 7.57. The Morgan fingerprint density at radius 2 is 1.62 bits per heavy atom. The molecule has 2 aromatic rings. The van der Waals surface area contributed by atoms with Gasteiger partial charge < -0.3 is 23.5 Å². The van der Waals surface area contributed by atoms with Crippen LogP contribution in [0.15, 0.2) is 58.8 Å². The van der Waals surface area contributed by atoms with E-state index in [1.54, 1.807) is 59.8 Å². The van der Waals surface area contributed by atoms with Crippen LogP contribution in [0.4, 0.5) is 4.79 Å². The van der Waals surface area contributed by atoms with Gasteiger partial charge in [-0.15, -0.1) is 0 Å². The Hall–Kier alpha value is -2.67. The van der Waals surface area contributed by atoms with Gasteiger partial charge in [-0.3, -0.25) is 9.36 Å². The first kappa shape index (κ1) is 32.5. The molecule has 39 heavy (non-hydrogen) atoms. The molecule has 1 N–H and O–H groups in total. The number of ketones is 1. The number of unbranched alkanes of at least 4 members (excludes halogenated alkanes) is 1. The molecule has 0 fully saturated rings. The van der Waals surface area contributed by atoms with E-state index in [1.807, 2.05) is 18.2 Å². The highest BCUT2D eigenvalue weighted by Gasteiger charge is 2.29. The van der Waals surface area contributed by atoms with E-state index in [0.29, 0.717) is 30.8 Å². The van der Waals surface area contributed by atoms with Gasteiger partial charge in [0.1, 0.15) is 11.4 Å². The first-order valence-electron chi connectivity index (χ1n) is 13.6. The second-order valence-electron chi connectivity index (χ2n) is 10.6. The van der Waals surface area contributed by atoms with E-state index in [1.165, 1.54) is 11.4 Å². The summed E-state index contributed by atoms with van der Waals surface area (Å²) in [6, 6.07) is 13.7. The molecular weight excluding hydrogens is 517 g/mol. The van der Waals surface area contributed by atoms with Crippen molar-refractivity contribution in [1.82, 2.24) is 5.32 Å². The van der Waals surface area contributed by atoms with E-state index in [-0.39, 0.29) is 19.0 Å². The van der Waals surface area contributed by atoms with Gasteiger partial charge in [0.25, 0.3) is 0 Å². The molecule has 0 aliphatic heterocycles. The minimum Gasteiger partial charge on any atom is -0.458 e. The minimum absolute atomic E-state index is 0.0294. The minimum atomic E-state index is -3.48. The molecule has 0 saturated carbocycles. The number of hydrogen-bond acceptors (Lipinski definition) is 7. The summed E-state index contributed by atoms with van der Waals surface area (Å²) in [5.74, 6) is 2.30. The zero-order chi connectivity index (χ0) is 28.9. The number of ether oxygens (including phenoxy) is 1. The highest BCUT2D eigenvalue weighted by atomic mass is 31.2. The molecule has 1 atom stereocenters. The lowest BCUT2D eigenvalue weighted by atomic mass is 9.95. The summed E-state index contributed by atoms with van der Waals surface area (Å²) in [5, 5.41) is 2.87. The van der Waals surface area contributed by atoms with Gasteiger partial charge in [0.15, 0.2) is 11.5 Å². The quantitative estimate of drug-likeness (QED) is 0.126. The predicted molar refractivity (Wildman–Crippen MR) is 153 cm³/mol. The van der Waals surface area contributed by atoms with Gasteiger partial charge in [0, 0.05) is 18.7 Å². The summed E-state index contributed by atoms with van der Waals surface area (Å²) in [7, 11) is -3.48. The van der Waals surface area contributed by atoms with Crippen molar-refractivity contribution in [2.75, 3.05) is 13.2 Å². The number of hydrogen-bond donors (Lipinski definition) is 1. The third-order valence-corrected chi connectivity index (χ3v) is 7.57. The Morgan fingerprint density at radius 1 is 0.949 bits per heavy atom. The Balaban J connectivity index is 2.03. The first-order chi connectivity index (χ1) is 18.4. The number of furan rings is 1. The number of nitrogens with one attached hydrogen (secondary N) is 1. The Morgan fingerprint density at radius 3 is 2.23 bits per heavy atom. The molecule has 1 aromatic carbocycles. The number of aryl methyl sites for hydroxylation is 2. The Kier molecular flexibility index (Phi) is 12.7. The van der Waals surface area contributed by atoms with Gasteiger partial charge in [0.05, 0.1) is 18.8 Å². The van der Waals surface area contributed by atoms with Crippen LogP contribution in [0.5, 0.6) is 0 Å². The van der Waals surface area contributed by atoms with Crippen molar-refractivity contribution >= 4 is 19.5 Å². The molecule has 0 spiro atoms. The lowest BCUT2D eigenvalue weighted by molar-refractivity contribution is 0.0480. The van der Waals surface area contributed by atoms with Crippen LogP contribution in [0.25, 0.3) is 0 Å². The van der Waals surface area contributed by atoms with Gasteiger partial charge in [0.2, 0.25) is 0 Å². The summed E-state index contributed by atoms with van der Waals surface area (Å²) in [5.41, 5.74) is -0.375. The van der Waals surface area contributed by atoms with E-state index in [0.717, 1.165) is 19.3 Å². The SMILES string of the molecule is CCOP(=O)(/C=C/[C@@](C)(CCc1ccc(C(=O)CCCCc2ccccc2)o1)NC(=O)OC(C)(C)C)OCC. The Labute approximate surface area is 233 Å². The molecule has 0 aliphatic carbocycles. The third kappa shape index (κ3) is 12.4. The second kappa shape index (κ2) is 15.2. The fourth-order valence-electron chi connectivity index (χ4n) is 3.89. The van der Waals surface area contributed by atoms with Gasteiger partial charge in [-0.2, -0.15) is 0 Å². The van der Waals surface area contributed by atoms with Crippen molar-refractivity contribution in [2.24, 2.45) is 0 Å². The third-order valence-electron chi connectivity index (χ3n) is 5.82. The van der Waals surface area contributed by atoms with Crippen LogP contribution in [-0.4, -0.2) is 36.2 Å². The van der Waals surface area contributed by atoms with Crippen LogP contribution in [0.3, 0.4) is 0 Å². The van der Waals surface area contributed by atoms with Gasteiger partial charge in [-0.1, -0.05) is 36.4 Å². The first-order valence-corrected chi connectivity index (χ1v) is 15.2.